The molecule has 7 heteroatoms. The van der Waals surface area contributed by atoms with Gasteiger partial charge < -0.3 is 10.2 Å². The summed E-state index contributed by atoms with van der Waals surface area (Å²) in [7, 11) is 1.73. The number of hydrogen-bond donors (Lipinski definition) is 2. The van der Waals surface area contributed by atoms with Gasteiger partial charge in [-0.3, -0.25) is 4.79 Å². The maximum absolute atomic E-state index is 12.5. The smallest absolute Gasteiger partial charge is 0.236 e. The van der Waals surface area contributed by atoms with Crippen LogP contribution in [0.1, 0.15) is 17.2 Å². The molecule has 0 saturated carbocycles. The summed E-state index contributed by atoms with van der Waals surface area (Å²) in [5.41, 5.74) is 1.77. The monoisotopic (exact) mass is 402 g/mol. The maximum Gasteiger partial charge on any atom is 0.236 e. The molecule has 0 saturated heterocycles. The number of benzene rings is 2. The molecule has 1 amide bonds. The van der Waals surface area contributed by atoms with E-state index in [2.05, 4.69) is 5.32 Å². The van der Waals surface area contributed by atoms with Gasteiger partial charge in [-0.05, 0) is 17.2 Å². The molecular weight excluding hydrogens is 374 g/mol. The van der Waals surface area contributed by atoms with Crippen LogP contribution in [0.2, 0.25) is 0 Å². The van der Waals surface area contributed by atoms with Gasteiger partial charge in [0.2, 0.25) is 15.9 Å². The minimum atomic E-state index is -3.69. The Kier molecular flexibility index (Phi) is 7.92. The number of likely N-dealkylation sites (N-methyl/N-ethyl adjacent to an activating group) is 2. The highest BCUT2D eigenvalue weighted by Gasteiger charge is 2.22. The summed E-state index contributed by atoms with van der Waals surface area (Å²) in [6.07, 6.45) is 1.52. The van der Waals surface area contributed by atoms with E-state index < -0.39 is 10.0 Å². The molecule has 0 aliphatic rings. The first-order chi connectivity index (χ1) is 13.3. The molecule has 0 heterocycles. The summed E-state index contributed by atoms with van der Waals surface area (Å²) in [4.78, 5) is 13.7. The molecule has 0 aromatic heterocycles. The lowest BCUT2D eigenvalue weighted by atomic mass is 10.1. The maximum atomic E-state index is 12.5. The van der Waals surface area contributed by atoms with Crippen molar-refractivity contribution in [3.63, 3.8) is 0 Å². The first-order valence-electron chi connectivity index (χ1n) is 9.11. The van der Waals surface area contributed by atoms with E-state index in [1.165, 1.54) is 18.0 Å². The van der Waals surface area contributed by atoms with Crippen LogP contribution in [-0.2, 0) is 14.8 Å². The Morgan fingerprint density at radius 1 is 1.07 bits per heavy atom. The van der Waals surface area contributed by atoms with Gasteiger partial charge in [-0.15, -0.1) is 0 Å². The summed E-state index contributed by atoms with van der Waals surface area (Å²) in [5.74, 6) is -0.339. The van der Waals surface area contributed by atoms with E-state index in [9.17, 15) is 13.2 Å². The van der Waals surface area contributed by atoms with E-state index >= 15 is 0 Å². The van der Waals surface area contributed by atoms with Crippen molar-refractivity contribution in [2.75, 3.05) is 34.2 Å². The van der Waals surface area contributed by atoms with Crippen molar-refractivity contribution >= 4 is 22.0 Å². The molecule has 28 heavy (non-hydrogen) atoms. The van der Waals surface area contributed by atoms with Crippen LogP contribution in [0.3, 0.4) is 0 Å². The average molecular weight is 403 g/mol. The van der Waals surface area contributed by atoms with E-state index in [4.69, 9.17) is 0 Å². The van der Waals surface area contributed by atoms with Crippen LogP contribution in [0, 0.1) is 0 Å². The third-order valence-electron chi connectivity index (χ3n) is 4.18. The molecule has 0 bridgehead atoms. The molecule has 2 aromatic rings. The predicted molar refractivity (Wildman–Crippen MR) is 112 cm³/mol. The molecular formula is C21H28N3O3S+. The van der Waals surface area contributed by atoms with Crippen LogP contribution < -0.4 is 10.2 Å². The molecule has 6 nitrogen and oxygen atoms in total. The molecule has 1 atom stereocenters. The number of rotatable bonds is 9. The predicted octanol–water partition coefficient (Wildman–Crippen LogP) is 0.921. The fourth-order valence-electron chi connectivity index (χ4n) is 2.71. The molecule has 2 rings (SSSR count). The van der Waals surface area contributed by atoms with Crippen molar-refractivity contribution in [1.29, 1.82) is 0 Å². The van der Waals surface area contributed by atoms with Gasteiger partial charge in [0, 0.05) is 12.5 Å². The van der Waals surface area contributed by atoms with Crippen molar-refractivity contribution in [3.05, 3.63) is 77.2 Å². The van der Waals surface area contributed by atoms with Crippen molar-refractivity contribution < 1.29 is 18.1 Å². The Balaban J connectivity index is 2.02. The summed E-state index contributed by atoms with van der Waals surface area (Å²) < 4.78 is 25.9. The van der Waals surface area contributed by atoms with Crippen molar-refractivity contribution in [2.45, 2.75) is 6.04 Å². The van der Waals surface area contributed by atoms with Crippen LogP contribution >= 0.6 is 0 Å². The number of carbonyl (C=O) groups is 1. The zero-order valence-corrected chi connectivity index (χ0v) is 17.3. The van der Waals surface area contributed by atoms with Crippen molar-refractivity contribution in [1.82, 2.24) is 9.62 Å². The lowest BCUT2D eigenvalue weighted by Crippen LogP contribution is -3.06. The number of quaternary nitrogens is 1. The highest BCUT2D eigenvalue weighted by Crippen LogP contribution is 2.11. The van der Waals surface area contributed by atoms with Gasteiger partial charge >= 0.3 is 0 Å². The largest absolute Gasteiger partial charge is 0.343 e. The zero-order chi connectivity index (χ0) is 20.6. The third kappa shape index (κ3) is 6.92. The normalized spacial score (nSPS) is 13.2. The Hall–Kier alpha value is -2.48. The number of amides is 1. The summed E-state index contributed by atoms with van der Waals surface area (Å²) in [6, 6.07) is 18.6. The van der Waals surface area contributed by atoms with Crippen LogP contribution in [0.25, 0.3) is 6.08 Å². The molecule has 0 aliphatic carbocycles. The van der Waals surface area contributed by atoms with E-state index in [1.807, 2.05) is 74.8 Å². The number of nitrogens with zero attached hydrogens (tertiary/aromatic N) is 1. The van der Waals surface area contributed by atoms with E-state index in [-0.39, 0.29) is 18.5 Å². The third-order valence-corrected chi connectivity index (χ3v) is 5.66. The van der Waals surface area contributed by atoms with Crippen molar-refractivity contribution in [3.8, 4) is 0 Å². The van der Waals surface area contributed by atoms with Gasteiger partial charge in [-0.2, -0.15) is 4.31 Å². The molecule has 0 spiro atoms. The number of hydrogen-bond acceptors (Lipinski definition) is 3. The van der Waals surface area contributed by atoms with E-state index in [0.717, 1.165) is 20.8 Å². The quantitative estimate of drug-likeness (QED) is 0.655. The van der Waals surface area contributed by atoms with E-state index in [1.54, 1.807) is 0 Å². The summed E-state index contributed by atoms with van der Waals surface area (Å²) in [5, 5.41) is 4.07. The second kappa shape index (κ2) is 10.2. The summed E-state index contributed by atoms with van der Waals surface area (Å²) >= 11 is 0. The van der Waals surface area contributed by atoms with Crippen LogP contribution in [0.15, 0.2) is 66.1 Å². The topological polar surface area (TPSA) is 70.9 Å². The second-order valence-electron chi connectivity index (χ2n) is 6.96. The lowest BCUT2D eigenvalue weighted by Gasteiger charge is -2.22. The van der Waals surface area contributed by atoms with Gasteiger partial charge in [0.25, 0.3) is 0 Å². The Morgan fingerprint density at radius 2 is 1.64 bits per heavy atom. The summed E-state index contributed by atoms with van der Waals surface area (Å²) in [6.45, 7) is 0.452. The SMILES string of the molecule is CN(CC(=O)N[C@H](C[NH+](C)C)c1ccccc1)S(=O)(=O)/C=C/c1ccccc1. The zero-order valence-electron chi connectivity index (χ0n) is 16.5. The van der Waals surface area contributed by atoms with E-state index in [0.29, 0.717) is 6.54 Å². The average Bonchev–Trinajstić information content (AvgIpc) is 2.67. The molecule has 2 aromatic carbocycles. The number of nitrogens with one attached hydrogen (secondary N) is 2. The first-order valence-corrected chi connectivity index (χ1v) is 10.6. The fourth-order valence-corrected chi connectivity index (χ4v) is 3.54. The Labute approximate surface area is 167 Å². The van der Waals surface area contributed by atoms with Gasteiger partial charge in [0.15, 0.2) is 0 Å². The number of sulfonamides is 1. The Morgan fingerprint density at radius 3 is 2.21 bits per heavy atom. The molecule has 0 unspecified atom stereocenters. The molecule has 150 valence electrons. The van der Waals surface area contributed by atoms with Gasteiger partial charge in [0.05, 0.1) is 20.6 Å². The molecule has 0 radical (unpaired) electrons. The lowest BCUT2D eigenvalue weighted by molar-refractivity contribution is -0.860. The standard InChI is InChI=1S/C21H27N3O3S/c1-23(2)16-20(19-12-8-5-9-13-19)22-21(25)17-24(3)28(26,27)15-14-18-10-6-4-7-11-18/h4-15,20H,16-17H2,1-3H3,(H,22,25)/p+1/b15-14+/t20-/m1/s1. The molecule has 0 fully saturated rings. The number of carbonyl (C=O) groups excluding carboxylic acids is 1. The van der Waals surface area contributed by atoms with Crippen molar-refractivity contribution in [2.24, 2.45) is 0 Å². The van der Waals surface area contributed by atoms with Crippen LogP contribution in [-0.4, -0.2) is 52.9 Å². The Bertz CT molecular complexity index is 882. The van der Waals surface area contributed by atoms with Crippen LogP contribution in [0.4, 0.5) is 0 Å². The minimum absolute atomic E-state index is 0.185. The molecule has 0 aliphatic heterocycles. The molecule has 2 N–H and O–H groups in total. The van der Waals surface area contributed by atoms with Gasteiger partial charge in [-0.25, -0.2) is 8.42 Å². The van der Waals surface area contributed by atoms with Gasteiger partial charge in [0.1, 0.15) is 12.6 Å². The highest BCUT2D eigenvalue weighted by molar-refractivity contribution is 7.92. The van der Waals surface area contributed by atoms with Crippen LogP contribution in [0.5, 0.6) is 0 Å². The second-order valence-corrected chi connectivity index (χ2v) is 8.88. The van der Waals surface area contributed by atoms with Gasteiger partial charge in [-0.1, -0.05) is 60.7 Å². The highest BCUT2D eigenvalue weighted by atomic mass is 32.2. The first kappa shape index (κ1) is 21.8. The fraction of sp³-hybridized carbons (Fsp3) is 0.286. The minimum Gasteiger partial charge on any atom is -0.343 e.